The van der Waals surface area contributed by atoms with Crippen molar-refractivity contribution in [3.05, 3.63) is 54.6 Å². The lowest BCUT2D eigenvalue weighted by atomic mass is 10.0. The highest BCUT2D eigenvalue weighted by Gasteiger charge is 2.19. The van der Waals surface area contributed by atoms with E-state index in [0.717, 1.165) is 16.3 Å². The van der Waals surface area contributed by atoms with Gasteiger partial charge < -0.3 is 10.5 Å². The smallest absolute Gasteiger partial charge is 0.413 e. The molecule has 3 N–H and O–H groups in total. The molecular weight excluding hydrogens is 314 g/mol. The second kappa shape index (κ2) is 6.43. The molecule has 25 heavy (non-hydrogen) atoms. The van der Waals surface area contributed by atoms with Crippen molar-refractivity contribution >= 4 is 28.4 Å². The van der Waals surface area contributed by atoms with Gasteiger partial charge in [-0.1, -0.05) is 54.6 Å². The fourth-order valence-corrected chi connectivity index (χ4v) is 2.60. The number of rotatable bonds is 2. The number of ether oxygens (including phenoxy) is 1. The zero-order chi connectivity index (χ0) is 18.0. The van der Waals surface area contributed by atoms with Gasteiger partial charge in [0.05, 0.1) is 11.4 Å². The number of anilines is 2. The number of carbonyl (C=O) groups is 1. The van der Waals surface area contributed by atoms with E-state index in [2.05, 4.69) is 10.3 Å². The highest BCUT2D eigenvalue weighted by molar-refractivity contribution is 6.07. The number of carbonyl (C=O) groups excluding carboxylic acids is 1. The number of fused-ring (bicyclic) bond motifs is 1. The molecule has 0 atom stereocenters. The molecule has 1 heterocycles. The first-order chi connectivity index (χ1) is 11.8. The summed E-state index contributed by atoms with van der Waals surface area (Å²) in [6, 6.07) is 17.2. The predicted molar refractivity (Wildman–Crippen MR) is 101 cm³/mol. The topological polar surface area (TPSA) is 77.2 Å². The van der Waals surface area contributed by atoms with Crippen LogP contribution in [0, 0.1) is 0 Å². The number of nitrogen functional groups attached to an aromatic ring is 1. The van der Waals surface area contributed by atoms with E-state index in [-0.39, 0.29) is 0 Å². The van der Waals surface area contributed by atoms with Gasteiger partial charge >= 0.3 is 6.09 Å². The third kappa shape index (κ3) is 3.71. The molecule has 0 spiro atoms. The number of nitrogens with one attached hydrogen (secondary N) is 1. The van der Waals surface area contributed by atoms with Crippen molar-refractivity contribution in [2.24, 2.45) is 0 Å². The van der Waals surface area contributed by atoms with E-state index >= 15 is 0 Å². The van der Waals surface area contributed by atoms with Crippen molar-refractivity contribution < 1.29 is 9.53 Å². The Morgan fingerprint density at radius 1 is 1.00 bits per heavy atom. The Morgan fingerprint density at radius 2 is 1.60 bits per heavy atom. The Bertz CT molecular complexity index is 915. The van der Waals surface area contributed by atoms with Crippen LogP contribution in [-0.2, 0) is 4.74 Å². The molecule has 3 rings (SSSR count). The number of nitrogens with zero attached hydrogens (tertiary/aromatic N) is 1. The molecule has 1 amide bonds. The van der Waals surface area contributed by atoms with Crippen molar-refractivity contribution in [1.82, 2.24) is 4.98 Å². The zero-order valence-corrected chi connectivity index (χ0v) is 14.5. The van der Waals surface area contributed by atoms with E-state index in [1.807, 2.05) is 75.4 Å². The van der Waals surface area contributed by atoms with Crippen LogP contribution in [0.2, 0.25) is 0 Å². The largest absolute Gasteiger partial charge is 0.444 e. The van der Waals surface area contributed by atoms with Crippen LogP contribution in [0.5, 0.6) is 0 Å². The van der Waals surface area contributed by atoms with E-state index in [9.17, 15) is 4.79 Å². The van der Waals surface area contributed by atoms with Crippen molar-refractivity contribution in [3.8, 4) is 11.3 Å². The maximum atomic E-state index is 12.2. The van der Waals surface area contributed by atoms with Crippen LogP contribution >= 0.6 is 0 Å². The monoisotopic (exact) mass is 335 g/mol. The molecule has 5 nitrogen and oxygen atoms in total. The third-order valence-electron chi connectivity index (χ3n) is 3.62. The highest BCUT2D eigenvalue weighted by atomic mass is 16.6. The second-order valence-corrected chi connectivity index (χ2v) is 6.76. The molecule has 3 aromatic rings. The quantitative estimate of drug-likeness (QED) is 0.703. The van der Waals surface area contributed by atoms with E-state index in [4.69, 9.17) is 10.5 Å². The number of nitrogens with two attached hydrogens (primary N) is 1. The predicted octanol–water partition coefficient (Wildman–Crippen LogP) is 4.83. The maximum absolute atomic E-state index is 12.2. The molecule has 0 aliphatic heterocycles. The minimum atomic E-state index is -0.587. The normalized spacial score (nSPS) is 11.3. The van der Waals surface area contributed by atoms with Crippen molar-refractivity contribution in [2.75, 3.05) is 11.1 Å². The summed E-state index contributed by atoms with van der Waals surface area (Å²) in [6.07, 6.45) is -0.547. The Labute approximate surface area is 146 Å². The number of pyridine rings is 1. The maximum Gasteiger partial charge on any atom is 0.413 e. The lowest BCUT2D eigenvalue weighted by Gasteiger charge is -2.20. The summed E-state index contributed by atoms with van der Waals surface area (Å²) in [4.78, 5) is 16.8. The Balaban J connectivity index is 2.11. The van der Waals surface area contributed by atoms with Gasteiger partial charge in [-0.15, -0.1) is 0 Å². The Morgan fingerprint density at radius 3 is 2.24 bits per heavy atom. The second-order valence-electron chi connectivity index (χ2n) is 6.76. The Hall–Kier alpha value is -3.08. The van der Waals surface area contributed by atoms with Crippen molar-refractivity contribution in [1.29, 1.82) is 0 Å². The molecular formula is C20H21N3O2. The number of benzene rings is 2. The molecule has 0 unspecified atom stereocenters. The first kappa shape index (κ1) is 16.8. The van der Waals surface area contributed by atoms with Gasteiger partial charge in [-0.2, -0.15) is 0 Å². The average Bonchev–Trinajstić information content (AvgIpc) is 2.56. The van der Waals surface area contributed by atoms with Gasteiger partial charge in [-0.05, 0) is 20.8 Å². The van der Waals surface area contributed by atoms with Crippen LogP contribution in [0.1, 0.15) is 20.8 Å². The molecule has 128 valence electrons. The number of hydrogen-bond acceptors (Lipinski definition) is 4. The summed E-state index contributed by atoms with van der Waals surface area (Å²) < 4.78 is 5.35. The molecule has 1 aromatic heterocycles. The molecule has 0 radical (unpaired) electrons. The van der Waals surface area contributed by atoms with Gasteiger partial charge in [0.2, 0.25) is 0 Å². The number of hydrogen-bond donors (Lipinski definition) is 2. The molecule has 2 aromatic carbocycles. The van der Waals surface area contributed by atoms with Gasteiger partial charge in [-0.3, -0.25) is 5.32 Å². The average molecular weight is 335 g/mol. The molecule has 5 heteroatoms. The summed E-state index contributed by atoms with van der Waals surface area (Å²) in [5, 5.41) is 4.36. The van der Waals surface area contributed by atoms with Crippen LogP contribution in [0.3, 0.4) is 0 Å². The molecule has 0 saturated carbocycles. The lowest BCUT2D eigenvalue weighted by Crippen LogP contribution is -2.27. The standard InChI is InChI=1S/C20H21N3O2/c1-20(2,3)25-19(24)23-18-15-12-8-7-11-14(15)16(21)17(22-18)13-9-5-4-6-10-13/h4-12H,21H2,1-3H3,(H,22,23,24). The number of aromatic nitrogens is 1. The third-order valence-corrected chi connectivity index (χ3v) is 3.62. The van der Waals surface area contributed by atoms with Crippen LogP contribution < -0.4 is 11.1 Å². The summed E-state index contributed by atoms with van der Waals surface area (Å²) >= 11 is 0. The molecule has 0 bridgehead atoms. The minimum absolute atomic E-state index is 0.429. The fraction of sp³-hybridized carbons (Fsp3) is 0.200. The fourth-order valence-electron chi connectivity index (χ4n) is 2.60. The zero-order valence-electron chi connectivity index (χ0n) is 14.5. The van der Waals surface area contributed by atoms with Gasteiger partial charge in [0, 0.05) is 16.3 Å². The van der Waals surface area contributed by atoms with Crippen LogP contribution in [0.15, 0.2) is 54.6 Å². The summed E-state index contributed by atoms with van der Waals surface area (Å²) in [5.74, 6) is 0.429. The van der Waals surface area contributed by atoms with Crippen LogP contribution in [0.25, 0.3) is 22.0 Å². The van der Waals surface area contributed by atoms with Crippen LogP contribution in [-0.4, -0.2) is 16.7 Å². The first-order valence-electron chi connectivity index (χ1n) is 8.09. The van der Waals surface area contributed by atoms with Gasteiger partial charge in [0.15, 0.2) is 0 Å². The van der Waals surface area contributed by atoms with Gasteiger partial charge in [0.25, 0.3) is 0 Å². The molecule has 0 fully saturated rings. The Kier molecular flexibility index (Phi) is 4.31. The minimum Gasteiger partial charge on any atom is -0.444 e. The SMILES string of the molecule is CC(C)(C)OC(=O)Nc1nc(-c2ccccc2)c(N)c2ccccc12. The van der Waals surface area contributed by atoms with E-state index < -0.39 is 11.7 Å². The lowest BCUT2D eigenvalue weighted by molar-refractivity contribution is 0.0635. The van der Waals surface area contributed by atoms with Crippen molar-refractivity contribution in [3.63, 3.8) is 0 Å². The van der Waals surface area contributed by atoms with E-state index in [0.29, 0.717) is 17.2 Å². The summed E-state index contributed by atoms with van der Waals surface area (Å²) in [5.41, 5.74) is 7.86. The van der Waals surface area contributed by atoms with Gasteiger partial charge in [-0.25, -0.2) is 9.78 Å². The van der Waals surface area contributed by atoms with Crippen LogP contribution in [0.4, 0.5) is 16.3 Å². The molecule has 0 saturated heterocycles. The summed E-state index contributed by atoms with van der Waals surface area (Å²) in [6.45, 7) is 5.45. The van der Waals surface area contributed by atoms with E-state index in [1.165, 1.54) is 0 Å². The van der Waals surface area contributed by atoms with Gasteiger partial charge in [0.1, 0.15) is 11.4 Å². The molecule has 0 aliphatic rings. The van der Waals surface area contributed by atoms with Crippen molar-refractivity contribution in [2.45, 2.75) is 26.4 Å². The van der Waals surface area contributed by atoms with E-state index in [1.54, 1.807) is 0 Å². The highest BCUT2D eigenvalue weighted by Crippen LogP contribution is 2.34. The summed E-state index contributed by atoms with van der Waals surface area (Å²) in [7, 11) is 0. The number of amides is 1. The first-order valence-corrected chi connectivity index (χ1v) is 8.09. The molecule has 0 aliphatic carbocycles.